The predicted molar refractivity (Wildman–Crippen MR) is 102 cm³/mol. The molecule has 0 aromatic heterocycles. The topological polar surface area (TPSA) is 99.5 Å². The Bertz CT molecular complexity index is 905. The summed E-state index contributed by atoms with van der Waals surface area (Å²) in [7, 11) is 2.49. The Morgan fingerprint density at radius 1 is 0.821 bits per heavy atom. The van der Waals surface area contributed by atoms with Crippen molar-refractivity contribution >= 4 is 23.3 Å². The highest BCUT2D eigenvalue weighted by Crippen LogP contribution is 2.31. The Morgan fingerprint density at radius 2 is 1.32 bits per heavy atom. The lowest BCUT2D eigenvalue weighted by molar-refractivity contribution is -0.139. The molecule has 0 fully saturated rings. The molecular formula is C20H20N2O6. The fourth-order valence-electron chi connectivity index (χ4n) is 3.01. The molecular weight excluding hydrogens is 364 g/mol. The first-order valence-corrected chi connectivity index (χ1v) is 8.45. The largest absolute Gasteiger partial charge is 0.508 e. The van der Waals surface area contributed by atoms with Crippen LogP contribution < -0.4 is 9.80 Å². The molecule has 0 saturated heterocycles. The van der Waals surface area contributed by atoms with Gasteiger partial charge >= 0.3 is 11.9 Å². The van der Waals surface area contributed by atoms with Gasteiger partial charge in [-0.2, -0.15) is 0 Å². The average Bonchev–Trinajstić information content (AvgIpc) is 2.72. The number of rotatable bonds is 4. The number of anilines is 2. The van der Waals surface area contributed by atoms with Gasteiger partial charge in [0.1, 0.15) is 17.2 Å². The molecule has 0 unspecified atom stereocenters. The van der Waals surface area contributed by atoms with E-state index in [1.807, 2.05) is 4.90 Å². The Kier molecular flexibility index (Phi) is 5.39. The molecule has 0 aliphatic carbocycles. The van der Waals surface area contributed by atoms with E-state index in [0.717, 1.165) is 5.69 Å². The van der Waals surface area contributed by atoms with E-state index >= 15 is 0 Å². The maximum atomic E-state index is 12.5. The number of benzene rings is 2. The molecule has 146 valence electrons. The van der Waals surface area contributed by atoms with Crippen LogP contribution in [-0.2, 0) is 19.1 Å². The highest BCUT2D eigenvalue weighted by Gasteiger charge is 2.35. The smallest absolute Gasteiger partial charge is 0.355 e. The van der Waals surface area contributed by atoms with Crippen LogP contribution in [0.15, 0.2) is 59.8 Å². The van der Waals surface area contributed by atoms with E-state index < -0.39 is 11.9 Å². The van der Waals surface area contributed by atoms with Crippen LogP contribution in [0.4, 0.5) is 11.4 Å². The Hall–Kier alpha value is -3.68. The van der Waals surface area contributed by atoms with Gasteiger partial charge in [0, 0.05) is 11.4 Å². The molecule has 0 bridgehead atoms. The number of esters is 2. The second-order valence-corrected chi connectivity index (χ2v) is 6.11. The minimum absolute atomic E-state index is 0.0768. The van der Waals surface area contributed by atoms with Crippen LogP contribution in [0, 0.1) is 0 Å². The summed E-state index contributed by atoms with van der Waals surface area (Å²) in [4.78, 5) is 28.4. The van der Waals surface area contributed by atoms with Crippen LogP contribution in [0.25, 0.3) is 0 Å². The van der Waals surface area contributed by atoms with Gasteiger partial charge in [-0.05, 0) is 48.5 Å². The van der Waals surface area contributed by atoms with Gasteiger partial charge < -0.3 is 29.5 Å². The van der Waals surface area contributed by atoms with E-state index in [4.69, 9.17) is 9.47 Å². The van der Waals surface area contributed by atoms with E-state index in [0.29, 0.717) is 5.69 Å². The van der Waals surface area contributed by atoms with Crippen molar-refractivity contribution in [3.8, 4) is 11.5 Å². The quantitative estimate of drug-likeness (QED) is 0.772. The van der Waals surface area contributed by atoms with Gasteiger partial charge in [0.05, 0.1) is 33.0 Å². The number of methoxy groups -OCH3 is 2. The molecule has 1 aliphatic rings. The van der Waals surface area contributed by atoms with Crippen LogP contribution >= 0.6 is 0 Å². The molecule has 8 nitrogen and oxygen atoms in total. The molecule has 0 radical (unpaired) electrons. The summed E-state index contributed by atoms with van der Waals surface area (Å²) < 4.78 is 9.78. The van der Waals surface area contributed by atoms with Gasteiger partial charge in [-0.25, -0.2) is 9.59 Å². The fraction of sp³-hybridized carbons (Fsp3) is 0.200. The lowest BCUT2D eigenvalue weighted by Crippen LogP contribution is -2.48. The summed E-state index contributed by atoms with van der Waals surface area (Å²) in [5.41, 5.74) is 1.55. The zero-order valence-electron chi connectivity index (χ0n) is 15.5. The van der Waals surface area contributed by atoms with Crippen molar-refractivity contribution < 1.29 is 29.3 Å². The van der Waals surface area contributed by atoms with Gasteiger partial charge in [0.2, 0.25) is 0 Å². The molecule has 1 aliphatic heterocycles. The number of ether oxygens (including phenoxy) is 2. The van der Waals surface area contributed by atoms with Crippen molar-refractivity contribution in [2.45, 2.75) is 0 Å². The average molecular weight is 384 g/mol. The molecule has 1 heterocycles. The SMILES string of the molecule is COC(=O)C1=C(C(=O)OC)N(c2ccc(O)cc2)CN(c2ccc(O)cc2)C1. The molecule has 0 saturated carbocycles. The monoisotopic (exact) mass is 384 g/mol. The first-order valence-electron chi connectivity index (χ1n) is 8.45. The van der Waals surface area contributed by atoms with E-state index in [2.05, 4.69) is 0 Å². The third-order valence-corrected chi connectivity index (χ3v) is 4.40. The zero-order valence-corrected chi connectivity index (χ0v) is 15.5. The number of aromatic hydroxyl groups is 2. The van der Waals surface area contributed by atoms with E-state index in [9.17, 15) is 19.8 Å². The number of phenolic OH excluding ortho intramolecular Hbond substituents is 2. The zero-order chi connectivity index (χ0) is 20.3. The fourth-order valence-corrected chi connectivity index (χ4v) is 3.01. The van der Waals surface area contributed by atoms with Gasteiger partial charge in [-0.15, -0.1) is 0 Å². The number of hydrogen-bond acceptors (Lipinski definition) is 8. The molecule has 0 amide bonds. The highest BCUT2D eigenvalue weighted by molar-refractivity contribution is 6.04. The van der Waals surface area contributed by atoms with E-state index in [-0.39, 0.29) is 36.0 Å². The number of phenols is 2. The van der Waals surface area contributed by atoms with Gasteiger partial charge in [-0.1, -0.05) is 0 Å². The van der Waals surface area contributed by atoms with Crippen LogP contribution in [0.5, 0.6) is 11.5 Å². The first kappa shape index (κ1) is 19.1. The van der Waals surface area contributed by atoms with Gasteiger partial charge in [0.15, 0.2) is 0 Å². The number of hydrogen-bond donors (Lipinski definition) is 2. The normalized spacial score (nSPS) is 14.1. The number of carbonyl (C=O) groups excluding carboxylic acids is 2. The molecule has 0 spiro atoms. The first-order chi connectivity index (χ1) is 13.4. The Labute approximate surface area is 161 Å². The standard InChI is InChI=1S/C20H20N2O6/c1-27-19(25)17-11-21(13-3-7-15(23)8-4-13)12-22(18(17)20(26)28-2)14-5-9-16(24)10-6-14/h3-10,23-24H,11-12H2,1-2H3. The maximum absolute atomic E-state index is 12.5. The summed E-state index contributed by atoms with van der Waals surface area (Å²) in [6.45, 7) is 0.358. The van der Waals surface area contributed by atoms with Crippen LogP contribution in [-0.4, -0.2) is 49.6 Å². The minimum atomic E-state index is -0.668. The lowest BCUT2D eigenvalue weighted by atomic mass is 10.1. The summed E-state index contributed by atoms with van der Waals surface area (Å²) in [6.07, 6.45) is 0. The molecule has 2 aromatic rings. The van der Waals surface area contributed by atoms with Crippen molar-refractivity contribution in [2.75, 3.05) is 37.2 Å². The molecule has 3 rings (SSSR count). The van der Waals surface area contributed by atoms with E-state index in [1.165, 1.54) is 38.5 Å². The highest BCUT2D eigenvalue weighted by atomic mass is 16.5. The maximum Gasteiger partial charge on any atom is 0.355 e. The minimum Gasteiger partial charge on any atom is -0.508 e. The summed E-state index contributed by atoms with van der Waals surface area (Å²) in [5.74, 6) is -1.12. The summed E-state index contributed by atoms with van der Waals surface area (Å²) in [5, 5.41) is 19.1. The van der Waals surface area contributed by atoms with Crippen molar-refractivity contribution in [3.05, 3.63) is 59.8 Å². The van der Waals surface area contributed by atoms with Crippen molar-refractivity contribution in [3.63, 3.8) is 0 Å². The lowest BCUT2D eigenvalue weighted by Gasteiger charge is -2.39. The number of carbonyl (C=O) groups is 2. The summed E-state index contributed by atoms with van der Waals surface area (Å²) >= 11 is 0. The third-order valence-electron chi connectivity index (χ3n) is 4.40. The number of nitrogens with zero attached hydrogens (tertiary/aromatic N) is 2. The van der Waals surface area contributed by atoms with Crippen LogP contribution in [0.2, 0.25) is 0 Å². The van der Waals surface area contributed by atoms with E-state index in [1.54, 1.807) is 29.2 Å². The summed E-state index contributed by atoms with van der Waals surface area (Å²) in [6, 6.07) is 12.7. The van der Waals surface area contributed by atoms with Gasteiger partial charge in [0.25, 0.3) is 0 Å². The Morgan fingerprint density at radius 3 is 1.82 bits per heavy atom. The Balaban J connectivity index is 2.13. The third kappa shape index (κ3) is 3.71. The molecule has 2 N–H and O–H groups in total. The molecule has 2 aromatic carbocycles. The molecule has 8 heteroatoms. The van der Waals surface area contributed by atoms with Gasteiger partial charge in [-0.3, -0.25) is 0 Å². The van der Waals surface area contributed by atoms with Crippen LogP contribution in [0.3, 0.4) is 0 Å². The van der Waals surface area contributed by atoms with Crippen molar-refractivity contribution in [1.82, 2.24) is 0 Å². The molecule has 0 atom stereocenters. The second kappa shape index (κ2) is 7.91. The molecule has 28 heavy (non-hydrogen) atoms. The predicted octanol–water partition coefficient (Wildman–Crippen LogP) is 1.98. The van der Waals surface area contributed by atoms with Crippen LogP contribution in [0.1, 0.15) is 0 Å². The second-order valence-electron chi connectivity index (χ2n) is 6.11. The van der Waals surface area contributed by atoms with Crippen molar-refractivity contribution in [1.29, 1.82) is 0 Å². The van der Waals surface area contributed by atoms with Crippen molar-refractivity contribution in [2.24, 2.45) is 0 Å².